The van der Waals surface area contributed by atoms with Gasteiger partial charge in [-0.3, -0.25) is 0 Å². The molecule has 4 atom stereocenters. The van der Waals surface area contributed by atoms with Crippen molar-refractivity contribution in [1.29, 1.82) is 0 Å². The van der Waals surface area contributed by atoms with Crippen LogP contribution in [0.15, 0.2) is 0 Å². The predicted octanol–water partition coefficient (Wildman–Crippen LogP) is -0.00600. The number of aliphatic hydroxyl groups excluding tert-OH is 2. The Bertz CT molecular complexity index is 181. The average molecular weight is 140 g/mol. The molecule has 4 unspecified atom stereocenters. The molecule has 2 nitrogen and oxygen atoms in total. The van der Waals surface area contributed by atoms with Gasteiger partial charge in [-0.2, -0.15) is 0 Å². The van der Waals surface area contributed by atoms with Crippen LogP contribution in [-0.2, 0) is 0 Å². The molecule has 4 rings (SSSR count). The predicted molar refractivity (Wildman–Crippen MR) is 35.2 cm³/mol. The maximum atomic E-state index is 9.53. The molecule has 10 heavy (non-hydrogen) atoms. The Labute approximate surface area is 59.9 Å². The van der Waals surface area contributed by atoms with Gasteiger partial charge in [0.05, 0.1) is 12.2 Å². The van der Waals surface area contributed by atoms with Crippen LogP contribution in [0.2, 0.25) is 0 Å². The van der Waals surface area contributed by atoms with E-state index >= 15 is 0 Å². The van der Waals surface area contributed by atoms with E-state index in [0.717, 1.165) is 6.42 Å². The first-order chi connectivity index (χ1) is 4.66. The molecule has 0 heterocycles. The summed E-state index contributed by atoms with van der Waals surface area (Å²) >= 11 is 0. The van der Waals surface area contributed by atoms with Crippen molar-refractivity contribution < 1.29 is 10.2 Å². The molecule has 0 spiro atoms. The van der Waals surface area contributed by atoms with Crippen LogP contribution in [0.25, 0.3) is 0 Å². The molecule has 4 saturated carbocycles. The third-order valence-corrected chi connectivity index (χ3v) is 4.09. The van der Waals surface area contributed by atoms with Crippen molar-refractivity contribution in [3.05, 3.63) is 0 Å². The minimum atomic E-state index is -0.176. The van der Waals surface area contributed by atoms with Gasteiger partial charge in [-0.25, -0.2) is 0 Å². The molecule has 56 valence electrons. The van der Waals surface area contributed by atoms with Gasteiger partial charge in [0.15, 0.2) is 0 Å². The molecular weight excluding hydrogens is 128 g/mol. The van der Waals surface area contributed by atoms with Crippen LogP contribution in [0.5, 0.6) is 0 Å². The minimum absolute atomic E-state index is 0.176. The Hall–Kier alpha value is -0.0800. The molecule has 2 heteroatoms. The van der Waals surface area contributed by atoms with Crippen LogP contribution in [0.3, 0.4) is 0 Å². The summed E-state index contributed by atoms with van der Waals surface area (Å²) in [5.41, 5.74) is 0.337. The maximum Gasteiger partial charge on any atom is 0.0630 e. The quantitative estimate of drug-likeness (QED) is 0.497. The first-order valence-corrected chi connectivity index (χ1v) is 4.02. The van der Waals surface area contributed by atoms with E-state index in [4.69, 9.17) is 0 Å². The van der Waals surface area contributed by atoms with Gasteiger partial charge in [0.2, 0.25) is 0 Å². The molecule has 0 aromatic rings. The number of aliphatic hydroxyl groups is 2. The van der Waals surface area contributed by atoms with Gasteiger partial charge in [-0.15, -0.1) is 0 Å². The number of hydrogen-bond donors (Lipinski definition) is 2. The summed E-state index contributed by atoms with van der Waals surface area (Å²) in [5.74, 6) is 1.12. The molecule has 0 saturated heterocycles. The minimum Gasteiger partial charge on any atom is -0.392 e. The molecule has 0 amide bonds. The smallest absolute Gasteiger partial charge is 0.0630 e. The van der Waals surface area contributed by atoms with Crippen molar-refractivity contribution in [2.24, 2.45) is 23.2 Å². The van der Waals surface area contributed by atoms with Gasteiger partial charge in [0.25, 0.3) is 0 Å². The molecule has 0 aromatic carbocycles. The molecule has 0 radical (unpaired) electrons. The van der Waals surface area contributed by atoms with E-state index < -0.39 is 0 Å². The lowest BCUT2D eigenvalue weighted by atomic mass is 10.1. The molecule has 4 aliphatic rings. The lowest BCUT2D eigenvalue weighted by molar-refractivity contribution is 0.0697. The Morgan fingerprint density at radius 2 is 1.70 bits per heavy atom. The van der Waals surface area contributed by atoms with Crippen molar-refractivity contribution in [2.45, 2.75) is 25.6 Å². The summed E-state index contributed by atoms with van der Waals surface area (Å²) in [5, 5.41) is 19.1. The highest BCUT2D eigenvalue weighted by Crippen LogP contribution is 2.78. The summed E-state index contributed by atoms with van der Waals surface area (Å²) in [4.78, 5) is 0. The zero-order valence-corrected chi connectivity index (χ0v) is 5.99. The Morgan fingerprint density at radius 3 is 1.80 bits per heavy atom. The van der Waals surface area contributed by atoms with E-state index in [9.17, 15) is 10.2 Å². The van der Waals surface area contributed by atoms with Gasteiger partial charge in [-0.1, -0.05) is 6.92 Å². The number of rotatable bonds is 0. The molecular formula is C8H12O2. The lowest BCUT2D eigenvalue weighted by Gasteiger charge is -2.09. The van der Waals surface area contributed by atoms with Gasteiger partial charge in [0, 0.05) is 5.92 Å². The first-order valence-electron chi connectivity index (χ1n) is 4.02. The van der Waals surface area contributed by atoms with Crippen LogP contribution >= 0.6 is 0 Å². The Balaban J connectivity index is 2.09. The molecule has 4 fully saturated rings. The third kappa shape index (κ3) is 0.311. The highest BCUT2D eigenvalue weighted by molar-refractivity contribution is 5.28. The van der Waals surface area contributed by atoms with Crippen molar-refractivity contribution in [3.8, 4) is 0 Å². The summed E-state index contributed by atoms with van der Waals surface area (Å²) < 4.78 is 0. The lowest BCUT2D eigenvalue weighted by Crippen LogP contribution is -2.19. The third-order valence-electron chi connectivity index (χ3n) is 4.09. The fourth-order valence-electron chi connectivity index (χ4n) is 3.60. The van der Waals surface area contributed by atoms with E-state index in [0.29, 0.717) is 17.3 Å². The molecule has 0 aromatic heterocycles. The number of hydrogen-bond acceptors (Lipinski definition) is 2. The van der Waals surface area contributed by atoms with Gasteiger partial charge in [0.1, 0.15) is 0 Å². The zero-order valence-electron chi connectivity index (χ0n) is 5.99. The monoisotopic (exact) mass is 140 g/mol. The van der Waals surface area contributed by atoms with Crippen molar-refractivity contribution in [1.82, 2.24) is 0 Å². The van der Waals surface area contributed by atoms with Crippen LogP contribution in [-0.4, -0.2) is 22.4 Å². The second-order valence-electron chi connectivity index (χ2n) is 4.41. The first kappa shape index (κ1) is 5.56. The van der Waals surface area contributed by atoms with Crippen LogP contribution < -0.4 is 0 Å². The van der Waals surface area contributed by atoms with Gasteiger partial charge >= 0.3 is 0 Å². The molecule has 0 aliphatic heterocycles. The van der Waals surface area contributed by atoms with Crippen molar-refractivity contribution in [3.63, 3.8) is 0 Å². The highest BCUT2D eigenvalue weighted by atomic mass is 16.3. The van der Waals surface area contributed by atoms with Crippen LogP contribution in [0.1, 0.15) is 13.3 Å². The average Bonchev–Trinajstić information content (AvgIpc) is 2.23. The fraction of sp³-hybridized carbons (Fsp3) is 1.00. The van der Waals surface area contributed by atoms with Crippen molar-refractivity contribution >= 4 is 0 Å². The SMILES string of the molecule is CC12CC3C(O)C1C2C3O. The maximum absolute atomic E-state index is 9.53. The zero-order chi connectivity index (χ0) is 7.09. The standard InChI is InChI=1S/C8H12O2/c1-8-2-3-6(9)4(8)5(8)7(3)10/h3-7,9-10H,2H2,1H3. The van der Waals surface area contributed by atoms with Gasteiger partial charge in [-0.05, 0) is 23.7 Å². The van der Waals surface area contributed by atoms with E-state index in [1.807, 2.05) is 0 Å². The Kier molecular flexibility index (Phi) is 0.647. The largest absolute Gasteiger partial charge is 0.392 e. The van der Waals surface area contributed by atoms with Gasteiger partial charge < -0.3 is 10.2 Å². The van der Waals surface area contributed by atoms with E-state index in [1.54, 1.807) is 0 Å². The molecule has 2 N–H and O–H groups in total. The topological polar surface area (TPSA) is 40.5 Å². The summed E-state index contributed by atoms with van der Waals surface area (Å²) in [6.45, 7) is 2.20. The van der Waals surface area contributed by atoms with Crippen LogP contribution in [0.4, 0.5) is 0 Å². The van der Waals surface area contributed by atoms with E-state index in [-0.39, 0.29) is 18.1 Å². The summed E-state index contributed by atoms with van der Waals surface area (Å²) in [6.07, 6.45) is 0.708. The molecule has 4 bridgehead atoms. The normalized spacial score (nSPS) is 76.5. The Morgan fingerprint density at radius 1 is 1.20 bits per heavy atom. The van der Waals surface area contributed by atoms with E-state index in [2.05, 4.69) is 6.92 Å². The summed E-state index contributed by atoms with van der Waals surface area (Å²) in [7, 11) is 0. The fourth-order valence-corrected chi connectivity index (χ4v) is 3.60. The summed E-state index contributed by atoms with van der Waals surface area (Å²) in [6, 6.07) is 0. The van der Waals surface area contributed by atoms with Crippen LogP contribution in [0, 0.1) is 23.2 Å². The second-order valence-corrected chi connectivity index (χ2v) is 4.41. The van der Waals surface area contributed by atoms with Crippen molar-refractivity contribution in [2.75, 3.05) is 0 Å². The van der Waals surface area contributed by atoms with E-state index in [1.165, 1.54) is 0 Å². The highest BCUT2D eigenvalue weighted by Gasteiger charge is 2.80. The second kappa shape index (κ2) is 1.16. The molecule has 4 aliphatic carbocycles.